The van der Waals surface area contributed by atoms with E-state index >= 15 is 0 Å². The van der Waals surface area contributed by atoms with E-state index < -0.39 is 0 Å². The van der Waals surface area contributed by atoms with E-state index in [9.17, 15) is 4.79 Å². The second-order valence-corrected chi connectivity index (χ2v) is 5.96. The molecule has 0 unspecified atom stereocenters. The molecule has 0 aliphatic carbocycles. The van der Waals surface area contributed by atoms with E-state index in [1.807, 2.05) is 20.1 Å². The summed E-state index contributed by atoms with van der Waals surface area (Å²) in [5.74, 6) is 0.298. The third kappa shape index (κ3) is 6.59. The smallest absolute Gasteiger partial charge is 0.226 e. The molecule has 2 N–H and O–H groups in total. The fourth-order valence-electron chi connectivity index (χ4n) is 1.52. The lowest BCUT2D eigenvalue weighted by Crippen LogP contribution is -2.39. The van der Waals surface area contributed by atoms with Crippen molar-refractivity contribution >= 4 is 35.0 Å². The standard InChI is InChI=1S/C14H20N2OS2/c1-10(2)8-13(17)16-14(18)15-9-11-4-6-12(19-3)7-5-11/h4-7,10H,8-9H2,1-3H3,(H2,15,16,17,18). The Morgan fingerprint density at radius 3 is 2.47 bits per heavy atom. The van der Waals surface area contributed by atoms with Gasteiger partial charge in [-0.15, -0.1) is 11.8 Å². The van der Waals surface area contributed by atoms with Crippen LogP contribution in [0.1, 0.15) is 25.8 Å². The molecule has 0 heterocycles. The summed E-state index contributed by atoms with van der Waals surface area (Å²) < 4.78 is 0. The van der Waals surface area contributed by atoms with Gasteiger partial charge in [-0.25, -0.2) is 0 Å². The molecule has 0 bridgehead atoms. The van der Waals surface area contributed by atoms with Crippen LogP contribution in [0, 0.1) is 5.92 Å². The zero-order valence-electron chi connectivity index (χ0n) is 11.5. The fraction of sp³-hybridized carbons (Fsp3) is 0.429. The minimum Gasteiger partial charge on any atom is -0.358 e. The van der Waals surface area contributed by atoms with Crippen LogP contribution in [-0.2, 0) is 11.3 Å². The van der Waals surface area contributed by atoms with Crippen molar-refractivity contribution in [3.63, 3.8) is 0 Å². The summed E-state index contributed by atoms with van der Waals surface area (Å²) in [6, 6.07) is 8.25. The van der Waals surface area contributed by atoms with Gasteiger partial charge in [0.15, 0.2) is 5.11 Å². The van der Waals surface area contributed by atoms with Crippen molar-refractivity contribution in [1.29, 1.82) is 0 Å². The highest BCUT2D eigenvalue weighted by molar-refractivity contribution is 7.98. The first-order valence-corrected chi connectivity index (χ1v) is 7.85. The van der Waals surface area contributed by atoms with Crippen LogP contribution in [0.2, 0.25) is 0 Å². The van der Waals surface area contributed by atoms with Crippen LogP contribution in [0.15, 0.2) is 29.2 Å². The van der Waals surface area contributed by atoms with E-state index in [0.29, 0.717) is 24.0 Å². The molecule has 0 spiro atoms. The molecule has 1 rings (SSSR count). The number of hydrogen-bond acceptors (Lipinski definition) is 3. The van der Waals surface area contributed by atoms with Crippen molar-refractivity contribution in [2.24, 2.45) is 5.92 Å². The van der Waals surface area contributed by atoms with E-state index in [-0.39, 0.29) is 5.91 Å². The Balaban J connectivity index is 2.35. The summed E-state index contributed by atoms with van der Waals surface area (Å²) in [5, 5.41) is 6.10. The molecule has 0 radical (unpaired) electrons. The molecule has 1 amide bonds. The van der Waals surface area contributed by atoms with E-state index in [4.69, 9.17) is 12.2 Å². The van der Waals surface area contributed by atoms with Gasteiger partial charge in [0, 0.05) is 17.9 Å². The summed E-state index contributed by atoms with van der Waals surface area (Å²) in [6.45, 7) is 4.63. The average molecular weight is 296 g/mol. The Morgan fingerprint density at radius 1 is 1.32 bits per heavy atom. The minimum absolute atomic E-state index is 0.0368. The van der Waals surface area contributed by atoms with Gasteiger partial charge in [-0.2, -0.15) is 0 Å². The number of thioether (sulfide) groups is 1. The summed E-state index contributed by atoms with van der Waals surface area (Å²) in [6.07, 6.45) is 2.54. The van der Waals surface area contributed by atoms with E-state index in [1.165, 1.54) is 4.90 Å². The number of amides is 1. The average Bonchev–Trinajstić information content (AvgIpc) is 2.36. The van der Waals surface area contributed by atoms with Crippen molar-refractivity contribution in [2.75, 3.05) is 6.26 Å². The number of benzene rings is 1. The van der Waals surface area contributed by atoms with E-state index in [0.717, 1.165) is 5.56 Å². The van der Waals surface area contributed by atoms with E-state index in [2.05, 4.69) is 34.9 Å². The molecule has 5 heteroatoms. The lowest BCUT2D eigenvalue weighted by atomic mass is 10.1. The summed E-state index contributed by atoms with van der Waals surface area (Å²) in [4.78, 5) is 12.8. The molecule has 0 aliphatic rings. The highest BCUT2D eigenvalue weighted by Crippen LogP contribution is 2.14. The van der Waals surface area contributed by atoms with Crippen LogP contribution in [-0.4, -0.2) is 17.3 Å². The van der Waals surface area contributed by atoms with Crippen molar-refractivity contribution < 1.29 is 4.79 Å². The number of carbonyl (C=O) groups is 1. The van der Waals surface area contributed by atoms with Crippen molar-refractivity contribution in [2.45, 2.75) is 31.7 Å². The number of nitrogens with one attached hydrogen (secondary N) is 2. The van der Waals surface area contributed by atoms with E-state index in [1.54, 1.807) is 11.8 Å². The highest BCUT2D eigenvalue weighted by Gasteiger charge is 2.06. The Kier molecular flexibility index (Phi) is 6.87. The van der Waals surface area contributed by atoms with Gasteiger partial charge in [0.1, 0.15) is 0 Å². The monoisotopic (exact) mass is 296 g/mol. The van der Waals surface area contributed by atoms with Gasteiger partial charge < -0.3 is 10.6 Å². The van der Waals surface area contributed by atoms with Gasteiger partial charge in [0.05, 0.1) is 0 Å². The van der Waals surface area contributed by atoms with Gasteiger partial charge in [-0.05, 0) is 42.1 Å². The van der Waals surface area contributed by atoms with Crippen LogP contribution in [0.25, 0.3) is 0 Å². The number of hydrogen-bond donors (Lipinski definition) is 2. The number of carbonyl (C=O) groups excluding carboxylic acids is 1. The Labute approximate surface area is 124 Å². The summed E-state index contributed by atoms with van der Waals surface area (Å²) in [5.41, 5.74) is 1.14. The van der Waals surface area contributed by atoms with Gasteiger partial charge in [-0.3, -0.25) is 4.79 Å². The van der Waals surface area contributed by atoms with Crippen LogP contribution >= 0.6 is 24.0 Å². The first kappa shape index (κ1) is 16.0. The lowest BCUT2D eigenvalue weighted by molar-refractivity contribution is -0.120. The summed E-state index contributed by atoms with van der Waals surface area (Å²) >= 11 is 6.80. The third-order valence-electron chi connectivity index (χ3n) is 2.46. The molecule has 0 fully saturated rings. The molecule has 1 aromatic rings. The topological polar surface area (TPSA) is 41.1 Å². The maximum absolute atomic E-state index is 11.5. The predicted octanol–water partition coefficient (Wildman–Crippen LogP) is 2.95. The van der Waals surface area contributed by atoms with Crippen LogP contribution in [0.5, 0.6) is 0 Å². The van der Waals surface area contributed by atoms with Crippen LogP contribution < -0.4 is 10.6 Å². The van der Waals surface area contributed by atoms with Crippen molar-refractivity contribution in [3.05, 3.63) is 29.8 Å². The Hall–Kier alpha value is -1.07. The second kappa shape index (κ2) is 8.17. The normalized spacial score (nSPS) is 10.3. The first-order valence-electron chi connectivity index (χ1n) is 6.22. The van der Waals surface area contributed by atoms with Crippen molar-refractivity contribution in [3.8, 4) is 0 Å². The fourth-order valence-corrected chi connectivity index (χ4v) is 2.11. The molecule has 0 atom stereocenters. The number of rotatable bonds is 5. The molecule has 0 saturated carbocycles. The zero-order chi connectivity index (χ0) is 14.3. The Morgan fingerprint density at radius 2 is 1.95 bits per heavy atom. The summed E-state index contributed by atoms with van der Waals surface area (Å²) in [7, 11) is 0. The molecule has 3 nitrogen and oxygen atoms in total. The third-order valence-corrected chi connectivity index (χ3v) is 3.45. The van der Waals surface area contributed by atoms with Gasteiger partial charge in [0.2, 0.25) is 5.91 Å². The van der Waals surface area contributed by atoms with Gasteiger partial charge >= 0.3 is 0 Å². The first-order chi connectivity index (χ1) is 9.01. The molecule has 0 saturated heterocycles. The molecular formula is C14H20N2OS2. The SMILES string of the molecule is CSc1ccc(CNC(=S)NC(=O)CC(C)C)cc1. The van der Waals surface area contributed by atoms with Crippen LogP contribution in [0.4, 0.5) is 0 Å². The molecule has 0 aliphatic heterocycles. The second-order valence-electron chi connectivity index (χ2n) is 4.68. The van der Waals surface area contributed by atoms with Gasteiger partial charge in [-0.1, -0.05) is 26.0 Å². The van der Waals surface area contributed by atoms with Gasteiger partial charge in [0.25, 0.3) is 0 Å². The van der Waals surface area contributed by atoms with Crippen molar-refractivity contribution in [1.82, 2.24) is 10.6 Å². The zero-order valence-corrected chi connectivity index (χ0v) is 13.2. The lowest BCUT2D eigenvalue weighted by Gasteiger charge is -2.10. The molecule has 1 aromatic carbocycles. The Bertz CT molecular complexity index is 430. The molecular weight excluding hydrogens is 276 g/mol. The maximum atomic E-state index is 11.5. The predicted molar refractivity (Wildman–Crippen MR) is 85.3 cm³/mol. The minimum atomic E-state index is -0.0368. The maximum Gasteiger partial charge on any atom is 0.226 e. The largest absolute Gasteiger partial charge is 0.358 e. The quantitative estimate of drug-likeness (QED) is 0.647. The number of thiocarbonyl (C=S) groups is 1. The molecule has 104 valence electrons. The highest BCUT2D eigenvalue weighted by atomic mass is 32.2. The van der Waals surface area contributed by atoms with Crippen LogP contribution in [0.3, 0.4) is 0 Å². The molecule has 0 aromatic heterocycles. The molecule has 19 heavy (non-hydrogen) atoms.